The van der Waals surface area contributed by atoms with Crippen LogP contribution in [0.1, 0.15) is 42.6 Å². The molecule has 0 fully saturated rings. The van der Waals surface area contributed by atoms with Gasteiger partial charge in [0.25, 0.3) is 0 Å². The molecule has 0 unspecified atom stereocenters. The van der Waals surface area contributed by atoms with E-state index in [9.17, 15) is 5.11 Å². The van der Waals surface area contributed by atoms with Crippen molar-refractivity contribution >= 4 is 6.08 Å². The Kier molecular flexibility index (Phi) is 2.69. The second-order valence-corrected chi connectivity index (χ2v) is 7.79. The Morgan fingerprint density at radius 1 is 0.963 bits per heavy atom. The van der Waals surface area contributed by atoms with Crippen LogP contribution in [-0.2, 0) is 0 Å². The third-order valence-electron chi connectivity index (χ3n) is 5.53. The summed E-state index contributed by atoms with van der Waals surface area (Å²) in [5, 5.41) is 10.6. The number of fused-ring (bicyclic) bond motifs is 8. The van der Waals surface area contributed by atoms with Crippen molar-refractivity contribution in [3.8, 4) is 34.5 Å². The van der Waals surface area contributed by atoms with Crippen LogP contribution in [0.3, 0.4) is 0 Å². The van der Waals surface area contributed by atoms with Crippen molar-refractivity contribution in [2.45, 2.75) is 31.5 Å². The molecule has 0 saturated heterocycles. The standard InChI is InChI=1S/C21H18O6/c1-21(2)4-3-10-18-12(5-14(22)20(10)27-21)19-13(8-23-18)11-6-16-17(25-9-24-16)7-15(11)26-19/h3-7,13,19,22H,8-9H2,1-2H3/t13-,19-/m1/s1. The van der Waals surface area contributed by atoms with Crippen molar-refractivity contribution in [1.29, 1.82) is 0 Å². The lowest BCUT2D eigenvalue weighted by molar-refractivity contribution is 0.131. The van der Waals surface area contributed by atoms with Gasteiger partial charge in [-0.15, -0.1) is 0 Å². The zero-order chi connectivity index (χ0) is 18.3. The Bertz CT molecular complexity index is 1020. The minimum Gasteiger partial charge on any atom is -0.504 e. The molecule has 4 aliphatic rings. The van der Waals surface area contributed by atoms with Crippen LogP contribution in [0.25, 0.3) is 6.08 Å². The maximum Gasteiger partial charge on any atom is 0.231 e. The van der Waals surface area contributed by atoms with Crippen LogP contribution < -0.4 is 23.7 Å². The summed E-state index contributed by atoms with van der Waals surface area (Å²) in [5.41, 5.74) is 2.15. The van der Waals surface area contributed by atoms with Crippen LogP contribution in [-0.4, -0.2) is 24.1 Å². The molecule has 0 aromatic heterocycles. The van der Waals surface area contributed by atoms with E-state index in [1.54, 1.807) is 6.07 Å². The molecule has 138 valence electrons. The van der Waals surface area contributed by atoms with E-state index in [2.05, 4.69) is 0 Å². The second-order valence-electron chi connectivity index (χ2n) is 7.79. The highest BCUT2D eigenvalue weighted by atomic mass is 16.7. The Labute approximate surface area is 155 Å². The smallest absolute Gasteiger partial charge is 0.231 e. The fourth-order valence-corrected chi connectivity index (χ4v) is 4.23. The first-order valence-electron chi connectivity index (χ1n) is 9.01. The lowest BCUT2D eigenvalue weighted by Crippen LogP contribution is -2.29. The van der Waals surface area contributed by atoms with Crippen molar-refractivity contribution in [1.82, 2.24) is 0 Å². The Hall–Kier alpha value is -3.02. The van der Waals surface area contributed by atoms with E-state index in [4.69, 9.17) is 23.7 Å². The first kappa shape index (κ1) is 15.1. The van der Waals surface area contributed by atoms with E-state index >= 15 is 0 Å². The Morgan fingerprint density at radius 2 is 1.78 bits per heavy atom. The Morgan fingerprint density at radius 3 is 2.63 bits per heavy atom. The SMILES string of the molecule is CC1(C)C=Cc2c(c(O)cc3c2OC[C@@H]2c4cc5c(cc4O[C@H]32)OCO5)O1. The fraction of sp³-hybridized carbons (Fsp3) is 0.333. The van der Waals surface area contributed by atoms with Crippen molar-refractivity contribution < 1.29 is 28.8 Å². The lowest BCUT2D eigenvalue weighted by atomic mass is 9.87. The van der Waals surface area contributed by atoms with Gasteiger partial charge in [0.15, 0.2) is 23.0 Å². The maximum absolute atomic E-state index is 10.6. The number of ether oxygens (including phenoxy) is 5. The quantitative estimate of drug-likeness (QED) is 0.762. The van der Waals surface area contributed by atoms with Gasteiger partial charge in [-0.25, -0.2) is 0 Å². The summed E-state index contributed by atoms with van der Waals surface area (Å²) in [6.45, 7) is 4.61. The number of phenolic OH excluding ortho intramolecular Hbond substituents is 1. The predicted octanol–water partition coefficient (Wildman–Crippen LogP) is 3.91. The third kappa shape index (κ3) is 2.01. The molecule has 0 saturated carbocycles. The molecule has 4 heterocycles. The van der Waals surface area contributed by atoms with Gasteiger partial charge in [-0.05, 0) is 38.1 Å². The van der Waals surface area contributed by atoms with Gasteiger partial charge in [-0.1, -0.05) is 0 Å². The summed E-state index contributed by atoms with van der Waals surface area (Å²) < 4.78 is 29.3. The van der Waals surface area contributed by atoms with Gasteiger partial charge in [0.2, 0.25) is 6.79 Å². The van der Waals surface area contributed by atoms with Crippen LogP contribution in [0.4, 0.5) is 0 Å². The minimum atomic E-state index is -0.476. The lowest BCUT2D eigenvalue weighted by Gasteiger charge is -2.33. The molecule has 0 bridgehead atoms. The summed E-state index contributed by atoms with van der Waals surface area (Å²) in [7, 11) is 0. The highest BCUT2D eigenvalue weighted by Crippen LogP contribution is 2.57. The van der Waals surface area contributed by atoms with Gasteiger partial charge in [-0.2, -0.15) is 0 Å². The van der Waals surface area contributed by atoms with E-state index in [0.717, 1.165) is 28.2 Å². The molecule has 2 aromatic rings. The zero-order valence-corrected chi connectivity index (χ0v) is 14.9. The first-order valence-corrected chi connectivity index (χ1v) is 9.01. The molecule has 27 heavy (non-hydrogen) atoms. The number of phenols is 1. The van der Waals surface area contributed by atoms with Gasteiger partial charge in [0.05, 0.1) is 18.1 Å². The van der Waals surface area contributed by atoms with Gasteiger partial charge >= 0.3 is 0 Å². The summed E-state index contributed by atoms with van der Waals surface area (Å²) in [6, 6.07) is 5.55. The molecule has 2 aromatic carbocycles. The second kappa shape index (κ2) is 4.82. The van der Waals surface area contributed by atoms with Gasteiger partial charge in [0, 0.05) is 17.2 Å². The van der Waals surface area contributed by atoms with Crippen molar-refractivity contribution in [3.63, 3.8) is 0 Å². The molecular formula is C21H18O6. The van der Waals surface area contributed by atoms with Gasteiger partial charge in [0.1, 0.15) is 23.2 Å². The van der Waals surface area contributed by atoms with E-state index in [1.807, 2.05) is 38.1 Å². The van der Waals surface area contributed by atoms with Crippen LogP contribution >= 0.6 is 0 Å². The highest BCUT2D eigenvalue weighted by molar-refractivity contribution is 5.74. The summed E-state index contributed by atoms with van der Waals surface area (Å²) in [6.07, 6.45) is 3.69. The van der Waals surface area contributed by atoms with E-state index in [0.29, 0.717) is 23.9 Å². The number of benzene rings is 2. The predicted molar refractivity (Wildman–Crippen MR) is 96.0 cm³/mol. The van der Waals surface area contributed by atoms with Crippen LogP contribution in [0.2, 0.25) is 0 Å². The monoisotopic (exact) mass is 366 g/mol. The number of hydrogen-bond acceptors (Lipinski definition) is 6. The summed E-state index contributed by atoms with van der Waals surface area (Å²) in [5.74, 6) is 3.50. The zero-order valence-electron chi connectivity index (χ0n) is 14.9. The Balaban J connectivity index is 1.47. The van der Waals surface area contributed by atoms with Crippen LogP contribution in [0.5, 0.6) is 34.5 Å². The number of hydrogen-bond donors (Lipinski definition) is 1. The molecule has 2 atom stereocenters. The molecule has 6 nitrogen and oxygen atoms in total. The average molecular weight is 366 g/mol. The van der Waals surface area contributed by atoms with E-state index in [-0.39, 0.29) is 24.6 Å². The minimum absolute atomic E-state index is 0.0318. The largest absolute Gasteiger partial charge is 0.504 e. The molecule has 0 spiro atoms. The molecule has 6 heteroatoms. The molecule has 1 N–H and O–H groups in total. The van der Waals surface area contributed by atoms with E-state index in [1.165, 1.54) is 0 Å². The molecule has 4 aliphatic heterocycles. The molecule has 0 amide bonds. The fourth-order valence-electron chi connectivity index (χ4n) is 4.23. The summed E-state index contributed by atoms with van der Waals surface area (Å²) in [4.78, 5) is 0. The topological polar surface area (TPSA) is 66.4 Å². The van der Waals surface area contributed by atoms with Crippen molar-refractivity contribution in [3.05, 3.63) is 41.0 Å². The van der Waals surface area contributed by atoms with Crippen molar-refractivity contribution in [2.24, 2.45) is 0 Å². The van der Waals surface area contributed by atoms with E-state index < -0.39 is 5.60 Å². The van der Waals surface area contributed by atoms with Gasteiger partial charge < -0.3 is 28.8 Å². The molecule has 0 aliphatic carbocycles. The number of rotatable bonds is 0. The van der Waals surface area contributed by atoms with Crippen LogP contribution in [0.15, 0.2) is 24.3 Å². The van der Waals surface area contributed by atoms with Gasteiger partial charge in [-0.3, -0.25) is 0 Å². The normalized spacial score (nSPS) is 24.7. The third-order valence-corrected chi connectivity index (χ3v) is 5.53. The average Bonchev–Trinajstić information content (AvgIpc) is 3.23. The van der Waals surface area contributed by atoms with Crippen molar-refractivity contribution in [2.75, 3.05) is 13.4 Å². The molecular weight excluding hydrogens is 348 g/mol. The number of aromatic hydroxyl groups is 1. The molecule has 0 radical (unpaired) electrons. The maximum atomic E-state index is 10.6. The summed E-state index contributed by atoms with van der Waals surface area (Å²) >= 11 is 0. The molecule has 6 rings (SSSR count). The first-order chi connectivity index (χ1) is 13.0. The highest BCUT2D eigenvalue weighted by Gasteiger charge is 2.44. The van der Waals surface area contributed by atoms with Crippen LogP contribution in [0, 0.1) is 0 Å².